The molecule has 1 saturated carbocycles. The second kappa shape index (κ2) is 8.53. The molecule has 0 aromatic carbocycles. The Labute approximate surface area is 133 Å². The van der Waals surface area contributed by atoms with E-state index in [2.05, 4.69) is 41.5 Å². The zero-order valence-electron chi connectivity index (χ0n) is 15.4. The van der Waals surface area contributed by atoms with Gasteiger partial charge in [0.05, 0.1) is 0 Å². The minimum Gasteiger partial charge on any atom is -0.247 e. The molecule has 0 bridgehead atoms. The molecule has 0 spiro atoms. The van der Waals surface area contributed by atoms with Crippen LogP contribution in [0.3, 0.4) is 0 Å². The van der Waals surface area contributed by atoms with Gasteiger partial charge in [0.1, 0.15) is 6.17 Å². The Morgan fingerprint density at radius 3 is 2.33 bits per heavy atom. The Balaban J connectivity index is 2.85. The molecule has 0 radical (unpaired) electrons. The lowest BCUT2D eigenvalue weighted by molar-refractivity contribution is 0.00811. The first-order chi connectivity index (χ1) is 9.84. The molecular weight excluding hydrogens is 259 g/mol. The van der Waals surface area contributed by atoms with Crippen LogP contribution in [0.4, 0.5) is 4.39 Å². The topological polar surface area (TPSA) is 0 Å². The molecule has 0 heterocycles. The molecule has 0 amide bonds. The first kappa shape index (κ1) is 19.0. The van der Waals surface area contributed by atoms with Gasteiger partial charge in [0.15, 0.2) is 0 Å². The van der Waals surface area contributed by atoms with E-state index in [-0.39, 0.29) is 0 Å². The number of hydrogen-bond acceptors (Lipinski definition) is 0. The summed E-state index contributed by atoms with van der Waals surface area (Å²) in [5.41, 5.74) is 0.380. The number of alkyl halides is 1. The summed E-state index contributed by atoms with van der Waals surface area (Å²) in [5, 5.41) is 0. The monoisotopic (exact) mass is 298 g/mol. The summed E-state index contributed by atoms with van der Waals surface area (Å²) in [4.78, 5) is 0. The molecule has 1 rings (SSSR count). The van der Waals surface area contributed by atoms with E-state index in [0.29, 0.717) is 11.3 Å². The molecule has 0 saturated heterocycles. The minimum atomic E-state index is -0.542. The maximum Gasteiger partial charge on any atom is 0.100 e. The van der Waals surface area contributed by atoms with Crippen molar-refractivity contribution >= 4 is 0 Å². The van der Waals surface area contributed by atoms with Crippen molar-refractivity contribution in [2.45, 2.75) is 99.1 Å². The van der Waals surface area contributed by atoms with Gasteiger partial charge in [0, 0.05) is 0 Å². The van der Waals surface area contributed by atoms with Crippen LogP contribution in [0.1, 0.15) is 92.9 Å². The van der Waals surface area contributed by atoms with Crippen LogP contribution in [0.5, 0.6) is 0 Å². The highest BCUT2D eigenvalue weighted by Crippen LogP contribution is 2.49. The first-order valence-electron chi connectivity index (χ1n) is 9.48. The van der Waals surface area contributed by atoms with Crippen LogP contribution in [0.2, 0.25) is 0 Å². The Hall–Kier alpha value is -0.0700. The first-order valence-corrected chi connectivity index (χ1v) is 9.48. The van der Waals surface area contributed by atoms with Crippen molar-refractivity contribution in [3.63, 3.8) is 0 Å². The molecule has 0 N–H and O–H groups in total. The standard InChI is InChI=1S/C20H39F/c1-7-9-10-11-19(20(5,6)16(4)8-2)18-13-12-17(21)14-15(18)3/h15-19H,7-14H2,1-6H3. The highest BCUT2D eigenvalue weighted by atomic mass is 19.1. The van der Waals surface area contributed by atoms with Gasteiger partial charge in [-0.15, -0.1) is 0 Å². The molecule has 0 aromatic heterocycles. The van der Waals surface area contributed by atoms with Gasteiger partial charge in [0.2, 0.25) is 0 Å². The number of halogens is 1. The maximum absolute atomic E-state index is 13.7. The van der Waals surface area contributed by atoms with Gasteiger partial charge >= 0.3 is 0 Å². The van der Waals surface area contributed by atoms with Crippen molar-refractivity contribution < 1.29 is 4.39 Å². The van der Waals surface area contributed by atoms with Crippen molar-refractivity contribution in [2.24, 2.45) is 29.1 Å². The van der Waals surface area contributed by atoms with E-state index < -0.39 is 6.17 Å². The lowest BCUT2D eigenvalue weighted by atomic mass is 9.58. The summed E-state index contributed by atoms with van der Waals surface area (Å²) < 4.78 is 13.7. The Morgan fingerprint density at radius 1 is 1.14 bits per heavy atom. The van der Waals surface area contributed by atoms with Crippen LogP contribution < -0.4 is 0 Å². The van der Waals surface area contributed by atoms with Crippen LogP contribution >= 0.6 is 0 Å². The predicted octanol–water partition coefficient (Wildman–Crippen LogP) is 7.03. The fourth-order valence-corrected chi connectivity index (χ4v) is 4.60. The third kappa shape index (κ3) is 4.96. The van der Waals surface area contributed by atoms with E-state index in [9.17, 15) is 4.39 Å². The number of hydrogen-bond donors (Lipinski definition) is 0. The van der Waals surface area contributed by atoms with E-state index >= 15 is 0 Å². The summed E-state index contributed by atoms with van der Waals surface area (Å²) in [6.45, 7) is 14.3. The largest absolute Gasteiger partial charge is 0.247 e. The molecule has 5 unspecified atom stereocenters. The summed E-state index contributed by atoms with van der Waals surface area (Å²) in [6, 6.07) is 0. The second-order valence-electron chi connectivity index (χ2n) is 8.28. The molecule has 1 aliphatic carbocycles. The minimum absolute atomic E-state index is 0.380. The molecule has 0 nitrogen and oxygen atoms in total. The smallest absolute Gasteiger partial charge is 0.100 e. The van der Waals surface area contributed by atoms with Crippen molar-refractivity contribution in [2.75, 3.05) is 0 Å². The molecule has 21 heavy (non-hydrogen) atoms. The Bertz CT molecular complexity index is 284. The van der Waals surface area contributed by atoms with Crippen LogP contribution in [0.25, 0.3) is 0 Å². The van der Waals surface area contributed by atoms with Crippen LogP contribution in [0.15, 0.2) is 0 Å². The quantitative estimate of drug-likeness (QED) is 0.422. The van der Waals surface area contributed by atoms with E-state index in [4.69, 9.17) is 0 Å². The highest BCUT2D eigenvalue weighted by molar-refractivity contribution is 4.91. The van der Waals surface area contributed by atoms with E-state index in [0.717, 1.165) is 37.0 Å². The van der Waals surface area contributed by atoms with Gasteiger partial charge in [0.25, 0.3) is 0 Å². The van der Waals surface area contributed by atoms with Crippen LogP contribution in [-0.4, -0.2) is 6.17 Å². The van der Waals surface area contributed by atoms with Crippen molar-refractivity contribution in [3.8, 4) is 0 Å². The fraction of sp³-hybridized carbons (Fsp3) is 1.00. The van der Waals surface area contributed by atoms with E-state index in [1.165, 1.54) is 32.1 Å². The van der Waals surface area contributed by atoms with Gasteiger partial charge in [-0.05, 0) is 54.8 Å². The molecule has 1 fully saturated rings. The normalized spacial score (nSPS) is 30.1. The van der Waals surface area contributed by atoms with E-state index in [1.54, 1.807) is 0 Å². The van der Waals surface area contributed by atoms with Crippen molar-refractivity contribution in [1.29, 1.82) is 0 Å². The molecular formula is C20H39F. The van der Waals surface area contributed by atoms with Crippen molar-refractivity contribution in [3.05, 3.63) is 0 Å². The molecule has 1 aliphatic rings. The summed E-state index contributed by atoms with van der Waals surface area (Å²) in [6.07, 6.45) is 8.76. The Kier molecular flexibility index (Phi) is 7.71. The average Bonchev–Trinajstić information content (AvgIpc) is 2.43. The van der Waals surface area contributed by atoms with Crippen LogP contribution in [0, 0.1) is 29.1 Å². The molecule has 0 aromatic rings. The molecule has 1 heteroatoms. The fourth-order valence-electron chi connectivity index (χ4n) is 4.60. The zero-order chi connectivity index (χ0) is 16.0. The molecule has 126 valence electrons. The highest BCUT2D eigenvalue weighted by Gasteiger charge is 2.42. The lowest BCUT2D eigenvalue weighted by Gasteiger charge is -2.47. The maximum atomic E-state index is 13.7. The molecule has 5 atom stereocenters. The van der Waals surface area contributed by atoms with Gasteiger partial charge < -0.3 is 0 Å². The number of rotatable bonds is 8. The summed E-state index contributed by atoms with van der Waals surface area (Å²) >= 11 is 0. The lowest BCUT2D eigenvalue weighted by Crippen LogP contribution is -2.40. The molecule has 0 aliphatic heterocycles. The van der Waals surface area contributed by atoms with Crippen molar-refractivity contribution in [1.82, 2.24) is 0 Å². The van der Waals surface area contributed by atoms with Gasteiger partial charge in [-0.1, -0.05) is 67.2 Å². The van der Waals surface area contributed by atoms with E-state index in [1.807, 2.05) is 0 Å². The predicted molar refractivity (Wildman–Crippen MR) is 92.3 cm³/mol. The SMILES string of the molecule is CCCCCC(C1CCC(F)CC1C)C(C)(C)C(C)CC. The summed E-state index contributed by atoms with van der Waals surface area (Å²) in [7, 11) is 0. The Morgan fingerprint density at radius 2 is 1.81 bits per heavy atom. The average molecular weight is 299 g/mol. The summed E-state index contributed by atoms with van der Waals surface area (Å²) in [5.74, 6) is 2.81. The number of unbranched alkanes of at least 4 members (excludes halogenated alkanes) is 2. The van der Waals surface area contributed by atoms with Gasteiger partial charge in [-0.25, -0.2) is 4.39 Å². The second-order valence-corrected chi connectivity index (χ2v) is 8.28. The third-order valence-electron chi connectivity index (χ3n) is 6.65. The third-order valence-corrected chi connectivity index (χ3v) is 6.65. The zero-order valence-corrected chi connectivity index (χ0v) is 15.4. The van der Waals surface area contributed by atoms with Gasteiger partial charge in [-0.2, -0.15) is 0 Å². The van der Waals surface area contributed by atoms with Crippen LogP contribution in [-0.2, 0) is 0 Å². The van der Waals surface area contributed by atoms with Gasteiger partial charge in [-0.3, -0.25) is 0 Å².